The molecule has 0 aliphatic heterocycles. The third kappa shape index (κ3) is 6.72. The second-order valence-corrected chi connectivity index (χ2v) is 12.9. The Balaban J connectivity index is 1.70. The minimum absolute atomic E-state index is 0.153. The Morgan fingerprint density at radius 3 is 2.31 bits per heavy atom. The number of aromatic nitrogens is 2. The number of rotatable bonds is 8. The van der Waals surface area contributed by atoms with Crippen LogP contribution in [0.15, 0.2) is 41.3 Å². The molecular formula is C31H41IN5O2-. The summed E-state index contributed by atoms with van der Waals surface area (Å²) in [5, 5.41) is 3.04. The van der Waals surface area contributed by atoms with Crippen LogP contribution in [0.4, 0.5) is 5.69 Å². The molecular weight excluding hydrogens is 601 g/mol. The zero-order valence-electron chi connectivity index (χ0n) is 24.2. The monoisotopic (exact) mass is 642 g/mol. The van der Waals surface area contributed by atoms with Crippen LogP contribution in [0.25, 0.3) is 11.1 Å². The first-order chi connectivity index (χ1) is 18.6. The van der Waals surface area contributed by atoms with Crippen molar-refractivity contribution in [3.63, 3.8) is 0 Å². The number of nitrogens with one attached hydrogen (secondary N) is 2. The summed E-state index contributed by atoms with van der Waals surface area (Å²) in [5.41, 5.74) is 7.85. The van der Waals surface area contributed by atoms with Gasteiger partial charge in [0.25, 0.3) is 0 Å². The number of pyridine rings is 2. The second kappa shape index (κ2) is 12.6. The Kier molecular flexibility index (Phi) is 9.48. The van der Waals surface area contributed by atoms with Gasteiger partial charge in [-0.05, 0) is 0 Å². The van der Waals surface area contributed by atoms with Crippen LogP contribution in [0.2, 0.25) is 0 Å². The Morgan fingerprint density at radius 2 is 1.72 bits per heavy atom. The van der Waals surface area contributed by atoms with E-state index in [0.717, 1.165) is 52.2 Å². The van der Waals surface area contributed by atoms with Crippen LogP contribution < -0.4 is 35.5 Å². The molecule has 0 bridgehead atoms. The number of aromatic amines is 1. The number of nitrogens with zero attached hydrogens (tertiary/aromatic N) is 3. The van der Waals surface area contributed by atoms with Crippen molar-refractivity contribution in [2.24, 2.45) is 0 Å². The van der Waals surface area contributed by atoms with Crippen molar-refractivity contribution in [3.05, 3.63) is 80.5 Å². The molecule has 210 valence electrons. The average molecular weight is 643 g/mol. The number of hydrogen-bond acceptors (Lipinski definition) is 5. The summed E-state index contributed by atoms with van der Waals surface area (Å²) in [4.78, 5) is 38.2. The van der Waals surface area contributed by atoms with Gasteiger partial charge in [0.15, 0.2) is 0 Å². The molecule has 1 amide bonds. The number of anilines is 1. The molecule has 1 aliphatic rings. The van der Waals surface area contributed by atoms with E-state index in [1.165, 1.54) is 12.8 Å². The van der Waals surface area contributed by atoms with Crippen molar-refractivity contribution >= 4 is 11.6 Å². The van der Waals surface area contributed by atoms with E-state index >= 15 is 0 Å². The van der Waals surface area contributed by atoms with Crippen LogP contribution in [0, 0.1) is 27.7 Å². The van der Waals surface area contributed by atoms with Gasteiger partial charge in [0, 0.05) is 0 Å². The number of amides is 1. The van der Waals surface area contributed by atoms with Crippen molar-refractivity contribution in [1.82, 2.24) is 20.2 Å². The van der Waals surface area contributed by atoms with Gasteiger partial charge in [-0.3, -0.25) is 0 Å². The van der Waals surface area contributed by atoms with Crippen LogP contribution in [0.3, 0.4) is 0 Å². The summed E-state index contributed by atoms with van der Waals surface area (Å²) >= 11 is -0.260. The van der Waals surface area contributed by atoms with Crippen molar-refractivity contribution in [2.75, 3.05) is 22.1 Å². The van der Waals surface area contributed by atoms with Crippen molar-refractivity contribution in [1.29, 1.82) is 0 Å². The molecule has 39 heavy (non-hydrogen) atoms. The van der Waals surface area contributed by atoms with Gasteiger partial charge in [-0.1, -0.05) is 0 Å². The molecule has 1 aromatic carbocycles. The zero-order valence-corrected chi connectivity index (χ0v) is 26.3. The van der Waals surface area contributed by atoms with Crippen molar-refractivity contribution < 1.29 is 26.3 Å². The SMILES string of the molecule is C[I-]N(c1cc(-c2ccc(C)nc2)cc(C(=O)NCc2c(C)cc(C)[nH]c2=O)c1C)C1CCC(N(C)C)CC1. The van der Waals surface area contributed by atoms with Gasteiger partial charge in [-0.2, -0.15) is 0 Å². The van der Waals surface area contributed by atoms with Crippen LogP contribution >= 0.6 is 0 Å². The van der Waals surface area contributed by atoms with Gasteiger partial charge in [-0.15, -0.1) is 0 Å². The summed E-state index contributed by atoms with van der Waals surface area (Å²) in [6.45, 7) is 7.99. The van der Waals surface area contributed by atoms with Gasteiger partial charge in [0.1, 0.15) is 0 Å². The number of aryl methyl sites for hydroxylation is 3. The number of halogens is 1. The van der Waals surface area contributed by atoms with E-state index < -0.39 is 0 Å². The molecule has 2 N–H and O–H groups in total. The summed E-state index contributed by atoms with van der Waals surface area (Å²) in [5.74, 6) is -0.166. The Labute approximate surface area is 243 Å². The Hall–Kier alpha value is -2.72. The molecule has 4 rings (SSSR count). The van der Waals surface area contributed by atoms with Gasteiger partial charge >= 0.3 is 244 Å². The van der Waals surface area contributed by atoms with Gasteiger partial charge in [0.2, 0.25) is 0 Å². The number of carbonyl (C=O) groups excluding carboxylic acids is 1. The van der Waals surface area contributed by atoms with E-state index in [1.807, 2.05) is 45.2 Å². The van der Waals surface area contributed by atoms with E-state index in [0.29, 0.717) is 23.2 Å². The summed E-state index contributed by atoms with van der Waals surface area (Å²) < 4.78 is 2.59. The van der Waals surface area contributed by atoms with Crippen molar-refractivity contribution in [3.8, 4) is 11.1 Å². The predicted octanol–water partition coefficient (Wildman–Crippen LogP) is 1.91. The van der Waals surface area contributed by atoms with Crippen LogP contribution in [0.1, 0.15) is 64.1 Å². The molecule has 2 aromatic heterocycles. The number of benzene rings is 1. The fourth-order valence-electron chi connectivity index (χ4n) is 5.55. The number of hydrogen-bond donors (Lipinski definition) is 2. The normalized spacial score (nSPS) is 17.4. The molecule has 2 heterocycles. The quantitative estimate of drug-likeness (QED) is 0.223. The van der Waals surface area contributed by atoms with Crippen molar-refractivity contribution in [2.45, 2.75) is 72.0 Å². The summed E-state index contributed by atoms with van der Waals surface area (Å²) in [6, 6.07) is 11.4. The summed E-state index contributed by atoms with van der Waals surface area (Å²) in [7, 11) is 4.35. The fraction of sp³-hybridized carbons (Fsp3) is 0.452. The standard InChI is InChI=1S/C31H41IN5O2/c1-19-14-21(3)35-31(39)28(19)18-34-30(38)27-15-24(23-9-8-20(2)33-17-23)16-29(22(27)4)37(32-5)26-12-10-25(11-13-26)36(6)7/h8-9,14-17,25-26H,10-13,18H2,1-7H3,(H,34,38)(H,35,39)/q-1. The third-order valence-corrected chi connectivity index (χ3v) is 10.3. The molecule has 8 heteroatoms. The number of alkyl halides is 1. The zero-order chi connectivity index (χ0) is 28.3. The van der Waals surface area contributed by atoms with Crippen LogP contribution in [0.5, 0.6) is 0 Å². The van der Waals surface area contributed by atoms with E-state index in [4.69, 9.17) is 0 Å². The first kappa shape index (κ1) is 29.3. The van der Waals surface area contributed by atoms with E-state index in [-0.39, 0.29) is 39.5 Å². The first-order valence-electron chi connectivity index (χ1n) is 13.6. The molecule has 3 aromatic rings. The number of carbonyl (C=O) groups is 1. The number of H-pyrrole nitrogens is 1. The Bertz CT molecular complexity index is 1370. The molecule has 7 nitrogen and oxygen atoms in total. The molecule has 0 spiro atoms. The van der Waals surface area contributed by atoms with E-state index in [2.05, 4.69) is 61.4 Å². The average Bonchev–Trinajstić information content (AvgIpc) is 2.90. The van der Waals surface area contributed by atoms with Gasteiger partial charge in [-0.25, -0.2) is 0 Å². The molecule has 1 fully saturated rings. The molecule has 0 unspecified atom stereocenters. The van der Waals surface area contributed by atoms with Gasteiger partial charge in [0.05, 0.1) is 0 Å². The molecule has 1 saturated carbocycles. The molecule has 0 atom stereocenters. The van der Waals surface area contributed by atoms with E-state index in [1.54, 1.807) is 0 Å². The first-order valence-corrected chi connectivity index (χ1v) is 16.7. The fourth-order valence-corrected chi connectivity index (χ4v) is 7.92. The molecule has 1 aliphatic carbocycles. The molecule has 0 radical (unpaired) electrons. The maximum atomic E-state index is 13.7. The minimum atomic E-state index is -0.260. The predicted molar refractivity (Wildman–Crippen MR) is 155 cm³/mol. The topological polar surface area (TPSA) is 81.3 Å². The summed E-state index contributed by atoms with van der Waals surface area (Å²) in [6.07, 6.45) is 6.58. The van der Waals surface area contributed by atoms with Gasteiger partial charge < -0.3 is 0 Å². The Morgan fingerprint density at radius 1 is 1.03 bits per heavy atom. The van der Waals surface area contributed by atoms with E-state index in [9.17, 15) is 9.59 Å². The van der Waals surface area contributed by atoms with Crippen LogP contribution in [-0.2, 0) is 6.54 Å². The second-order valence-electron chi connectivity index (χ2n) is 10.9. The maximum absolute atomic E-state index is 13.7. The van der Waals surface area contributed by atoms with Crippen LogP contribution in [-0.4, -0.2) is 51.9 Å². The molecule has 0 saturated heterocycles. The third-order valence-electron chi connectivity index (χ3n) is 7.92.